The number of methoxy groups -OCH3 is 1. The van der Waals surface area contributed by atoms with Gasteiger partial charge in [-0.2, -0.15) is 5.10 Å². The van der Waals surface area contributed by atoms with E-state index in [0.29, 0.717) is 28.5 Å². The fourth-order valence-corrected chi connectivity index (χ4v) is 2.33. The summed E-state index contributed by atoms with van der Waals surface area (Å²) in [7, 11) is 1.54. The molecule has 24 heavy (non-hydrogen) atoms. The van der Waals surface area contributed by atoms with Crippen LogP contribution in [0, 0.1) is 10.1 Å². The van der Waals surface area contributed by atoms with Gasteiger partial charge < -0.3 is 16.2 Å². The van der Waals surface area contributed by atoms with Crippen LogP contribution >= 0.6 is 0 Å². The number of nitrogens with two attached hydrogens (primary N) is 2. The van der Waals surface area contributed by atoms with E-state index in [1.54, 1.807) is 41.2 Å². The van der Waals surface area contributed by atoms with E-state index in [-0.39, 0.29) is 5.69 Å². The van der Waals surface area contributed by atoms with E-state index >= 15 is 0 Å². The minimum Gasteiger partial charge on any atom is -0.495 e. The van der Waals surface area contributed by atoms with Crippen LogP contribution in [0.25, 0.3) is 16.9 Å². The van der Waals surface area contributed by atoms with Crippen molar-refractivity contribution in [2.75, 3.05) is 18.6 Å². The molecule has 4 N–H and O–H groups in total. The second kappa shape index (κ2) is 5.92. The average Bonchev–Trinajstić information content (AvgIpc) is 2.97. The van der Waals surface area contributed by atoms with Crippen molar-refractivity contribution in [3.63, 3.8) is 0 Å². The Labute approximate surface area is 137 Å². The number of anilines is 2. The summed E-state index contributed by atoms with van der Waals surface area (Å²) in [5.74, 6) is 0.539. The van der Waals surface area contributed by atoms with Crippen LogP contribution in [0.1, 0.15) is 0 Å². The van der Waals surface area contributed by atoms with Crippen LogP contribution in [-0.2, 0) is 0 Å². The molecular formula is C16H15N5O3. The first-order chi connectivity index (χ1) is 11.5. The Morgan fingerprint density at radius 2 is 1.83 bits per heavy atom. The van der Waals surface area contributed by atoms with E-state index in [2.05, 4.69) is 5.10 Å². The van der Waals surface area contributed by atoms with E-state index in [0.717, 1.165) is 5.56 Å². The van der Waals surface area contributed by atoms with Crippen molar-refractivity contribution in [1.82, 2.24) is 9.78 Å². The number of nitro groups is 1. The highest BCUT2D eigenvalue weighted by atomic mass is 16.6. The Hall–Kier alpha value is -3.55. The SMILES string of the molecule is COc1cc(-c2nn(-c3ccc([N+](=O)[O-])cc3)cc2N)ccc1N. The van der Waals surface area contributed by atoms with E-state index in [1.807, 2.05) is 0 Å². The van der Waals surface area contributed by atoms with Crippen LogP contribution in [0.3, 0.4) is 0 Å². The lowest BCUT2D eigenvalue weighted by Gasteiger charge is -2.06. The minimum absolute atomic E-state index is 0.0161. The Bertz CT molecular complexity index is 903. The molecule has 0 aliphatic carbocycles. The summed E-state index contributed by atoms with van der Waals surface area (Å²) < 4.78 is 6.78. The summed E-state index contributed by atoms with van der Waals surface area (Å²) in [6.07, 6.45) is 1.65. The molecule has 3 aromatic rings. The summed E-state index contributed by atoms with van der Waals surface area (Å²) in [6.45, 7) is 0. The molecule has 0 aliphatic heterocycles. The molecule has 0 saturated heterocycles. The largest absolute Gasteiger partial charge is 0.495 e. The van der Waals surface area contributed by atoms with Crippen molar-refractivity contribution in [2.24, 2.45) is 0 Å². The van der Waals surface area contributed by atoms with E-state index in [4.69, 9.17) is 16.2 Å². The van der Waals surface area contributed by atoms with Gasteiger partial charge in [-0.3, -0.25) is 10.1 Å². The normalized spacial score (nSPS) is 10.5. The van der Waals surface area contributed by atoms with Gasteiger partial charge in [-0.25, -0.2) is 4.68 Å². The summed E-state index contributed by atoms with van der Waals surface area (Å²) in [5, 5.41) is 15.2. The Morgan fingerprint density at radius 3 is 2.46 bits per heavy atom. The predicted octanol–water partition coefficient (Wildman–Crippen LogP) is 2.62. The smallest absolute Gasteiger partial charge is 0.269 e. The van der Waals surface area contributed by atoms with Crippen LogP contribution in [-0.4, -0.2) is 21.8 Å². The molecule has 0 unspecified atom stereocenters. The average molecular weight is 325 g/mol. The zero-order chi connectivity index (χ0) is 17.3. The van der Waals surface area contributed by atoms with Crippen LogP contribution in [0.4, 0.5) is 17.1 Å². The monoisotopic (exact) mass is 325 g/mol. The molecule has 2 aromatic carbocycles. The van der Waals surface area contributed by atoms with Gasteiger partial charge in [0.25, 0.3) is 5.69 Å². The summed E-state index contributed by atoms with van der Waals surface area (Å²) in [4.78, 5) is 10.3. The van der Waals surface area contributed by atoms with Crippen LogP contribution in [0.15, 0.2) is 48.7 Å². The number of benzene rings is 2. The fraction of sp³-hybridized carbons (Fsp3) is 0.0625. The number of hydrogen-bond acceptors (Lipinski definition) is 6. The van der Waals surface area contributed by atoms with Gasteiger partial charge in [0.15, 0.2) is 0 Å². The van der Waals surface area contributed by atoms with Crippen molar-refractivity contribution >= 4 is 17.1 Å². The van der Waals surface area contributed by atoms with Gasteiger partial charge in [0, 0.05) is 17.7 Å². The maximum absolute atomic E-state index is 10.7. The summed E-state index contributed by atoms with van der Waals surface area (Å²) in [5.41, 5.74) is 14.9. The first-order valence-corrected chi connectivity index (χ1v) is 7.03. The van der Waals surface area contributed by atoms with Crippen molar-refractivity contribution in [1.29, 1.82) is 0 Å². The van der Waals surface area contributed by atoms with Crippen molar-refractivity contribution in [3.05, 3.63) is 58.8 Å². The maximum Gasteiger partial charge on any atom is 0.269 e. The summed E-state index contributed by atoms with van der Waals surface area (Å²) in [6, 6.07) is 11.3. The fourth-order valence-electron chi connectivity index (χ4n) is 2.33. The molecule has 0 saturated carbocycles. The molecule has 1 heterocycles. The first kappa shape index (κ1) is 15.3. The maximum atomic E-state index is 10.7. The third-order valence-electron chi connectivity index (χ3n) is 3.57. The second-order valence-corrected chi connectivity index (χ2v) is 5.11. The molecular weight excluding hydrogens is 310 g/mol. The van der Waals surface area contributed by atoms with Crippen molar-refractivity contribution in [3.8, 4) is 22.7 Å². The molecule has 0 radical (unpaired) electrons. The lowest BCUT2D eigenvalue weighted by molar-refractivity contribution is -0.384. The Kier molecular flexibility index (Phi) is 3.78. The molecule has 0 fully saturated rings. The molecule has 1 aromatic heterocycles. The quantitative estimate of drug-likeness (QED) is 0.432. The molecule has 0 bridgehead atoms. The number of nitrogens with zero attached hydrogens (tertiary/aromatic N) is 3. The summed E-state index contributed by atoms with van der Waals surface area (Å²) >= 11 is 0. The molecule has 0 atom stereocenters. The van der Waals surface area contributed by atoms with Gasteiger partial charge in [0.2, 0.25) is 0 Å². The van der Waals surface area contributed by atoms with Gasteiger partial charge in [0.1, 0.15) is 11.4 Å². The molecule has 3 rings (SSSR count). The predicted molar refractivity (Wildman–Crippen MR) is 91.0 cm³/mol. The number of ether oxygens (including phenoxy) is 1. The third-order valence-corrected chi connectivity index (χ3v) is 3.57. The topological polar surface area (TPSA) is 122 Å². The van der Waals surface area contributed by atoms with Crippen LogP contribution < -0.4 is 16.2 Å². The van der Waals surface area contributed by atoms with Gasteiger partial charge in [-0.1, -0.05) is 6.07 Å². The highest BCUT2D eigenvalue weighted by Crippen LogP contribution is 2.31. The van der Waals surface area contributed by atoms with Gasteiger partial charge in [-0.15, -0.1) is 0 Å². The van der Waals surface area contributed by atoms with Crippen LogP contribution in [0.2, 0.25) is 0 Å². The molecule has 8 nitrogen and oxygen atoms in total. The second-order valence-electron chi connectivity index (χ2n) is 5.11. The van der Waals surface area contributed by atoms with Gasteiger partial charge >= 0.3 is 0 Å². The number of aromatic nitrogens is 2. The van der Waals surface area contributed by atoms with Crippen molar-refractivity contribution < 1.29 is 9.66 Å². The molecule has 0 spiro atoms. The number of nitrogen functional groups attached to an aromatic ring is 2. The van der Waals surface area contributed by atoms with Crippen molar-refractivity contribution in [2.45, 2.75) is 0 Å². The van der Waals surface area contributed by atoms with Gasteiger partial charge in [-0.05, 0) is 24.3 Å². The lowest BCUT2D eigenvalue weighted by atomic mass is 10.1. The molecule has 122 valence electrons. The number of non-ortho nitro benzene ring substituents is 1. The molecule has 0 amide bonds. The first-order valence-electron chi connectivity index (χ1n) is 7.03. The number of hydrogen-bond donors (Lipinski definition) is 2. The zero-order valence-corrected chi connectivity index (χ0v) is 12.8. The minimum atomic E-state index is -0.451. The van der Waals surface area contributed by atoms with E-state index < -0.39 is 4.92 Å². The van der Waals surface area contributed by atoms with E-state index in [1.165, 1.54) is 19.2 Å². The lowest BCUT2D eigenvalue weighted by Crippen LogP contribution is -1.96. The van der Waals surface area contributed by atoms with E-state index in [9.17, 15) is 10.1 Å². The Morgan fingerprint density at radius 1 is 1.12 bits per heavy atom. The highest BCUT2D eigenvalue weighted by molar-refractivity contribution is 5.75. The third kappa shape index (κ3) is 2.72. The number of rotatable bonds is 4. The highest BCUT2D eigenvalue weighted by Gasteiger charge is 2.13. The van der Waals surface area contributed by atoms with Gasteiger partial charge in [0.05, 0.1) is 35.3 Å². The standard InChI is InChI=1S/C16H15N5O3/c1-24-15-8-10(2-7-13(15)17)16-14(18)9-20(19-16)11-3-5-12(6-4-11)21(22)23/h2-9H,17-18H2,1H3. The molecule has 0 aliphatic rings. The Balaban J connectivity index is 2.00. The van der Waals surface area contributed by atoms with Crippen LogP contribution in [0.5, 0.6) is 5.75 Å². The number of nitro benzene ring substituents is 1. The molecule has 8 heteroatoms. The zero-order valence-electron chi connectivity index (χ0n) is 12.8.